The summed E-state index contributed by atoms with van der Waals surface area (Å²) in [7, 11) is 0. The van der Waals surface area contributed by atoms with Gasteiger partial charge in [-0.25, -0.2) is 8.78 Å². The summed E-state index contributed by atoms with van der Waals surface area (Å²) < 4.78 is 28.5. The first-order valence-electron chi connectivity index (χ1n) is 12.1. The first-order chi connectivity index (χ1) is 14.5. The minimum Gasteiger partial charge on any atom is -0.207 e. The number of unbranched alkanes of at least 4 members (excludes halogenated alkanes) is 3. The number of benzene rings is 2. The maximum atomic E-state index is 14.2. The van der Waals surface area contributed by atoms with E-state index < -0.39 is 5.92 Å². The zero-order valence-corrected chi connectivity index (χ0v) is 18.8. The first-order valence-corrected chi connectivity index (χ1v) is 12.1. The summed E-state index contributed by atoms with van der Waals surface area (Å²) >= 11 is 0. The second-order valence-corrected chi connectivity index (χ2v) is 9.29. The Morgan fingerprint density at radius 2 is 1.37 bits per heavy atom. The molecule has 164 valence electrons. The van der Waals surface area contributed by atoms with Crippen molar-refractivity contribution in [3.63, 3.8) is 0 Å². The highest BCUT2D eigenvalue weighted by molar-refractivity contribution is 5.64. The topological polar surface area (TPSA) is 0 Å². The van der Waals surface area contributed by atoms with Crippen molar-refractivity contribution < 1.29 is 8.78 Å². The molecule has 0 aliphatic heterocycles. The van der Waals surface area contributed by atoms with Crippen molar-refractivity contribution in [3.05, 3.63) is 59.7 Å². The molecule has 1 saturated carbocycles. The van der Waals surface area contributed by atoms with E-state index in [4.69, 9.17) is 0 Å². The van der Waals surface area contributed by atoms with Gasteiger partial charge in [0, 0.05) is 12.8 Å². The molecule has 0 spiro atoms. The highest BCUT2D eigenvalue weighted by Gasteiger charge is 2.28. The molecule has 0 unspecified atom stereocenters. The van der Waals surface area contributed by atoms with Gasteiger partial charge in [-0.05, 0) is 66.2 Å². The Morgan fingerprint density at radius 3 is 1.93 bits per heavy atom. The van der Waals surface area contributed by atoms with E-state index in [0.29, 0.717) is 12.3 Å². The summed E-state index contributed by atoms with van der Waals surface area (Å²) in [6, 6.07) is 16.6. The van der Waals surface area contributed by atoms with Gasteiger partial charge in [0.15, 0.2) is 0 Å². The summed E-state index contributed by atoms with van der Waals surface area (Å²) in [4.78, 5) is 0. The highest BCUT2D eigenvalue weighted by atomic mass is 19.3. The van der Waals surface area contributed by atoms with E-state index in [1.807, 2.05) is 24.3 Å². The van der Waals surface area contributed by atoms with Crippen molar-refractivity contribution in [1.29, 1.82) is 0 Å². The molecule has 0 heterocycles. The predicted octanol–water partition coefficient (Wildman–Crippen LogP) is 9.19. The standard InChI is InChI=1S/C28H38F2/c1-3-5-6-7-20-28(29,30)21-23-10-14-25(15-11-23)27-18-16-26(17-19-27)24-12-8-22(4-2)9-13-24/h10-11,14-19,22,24H,3-9,12-13,20-21H2,1-2H3. The molecule has 0 bridgehead atoms. The highest BCUT2D eigenvalue weighted by Crippen LogP contribution is 2.37. The molecule has 3 rings (SSSR count). The zero-order valence-electron chi connectivity index (χ0n) is 18.8. The fraction of sp³-hybridized carbons (Fsp3) is 0.571. The normalized spacial score (nSPS) is 19.7. The molecule has 1 aliphatic carbocycles. The number of alkyl halides is 2. The molecular formula is C28H38F2. The Kier molecular flexibility index (Phi) is 8.48. The van der Waals surface area contributed by atoms with Crippen molar-refractivity contribution in [1.82, 2.24) is 0 Å². The summed E-state index contributed by atoms with van der Waals surface area (Å²) in [5, 5.41) is 0. The van der Waals surface area contributed by atoms with Crippen LogP contribution in [0.2, 0.25) is 0 Å². The lowest BCUT2D eigenvalue weighted by atomic mass is 9.77. The summed E-state index contributed by atoms with van der Waals surface area (Å²) in [5.41, 5.74) is 4.45. The molecule has 2 aromatic carbocycles. The van der Waals surface area contributed by atoms with Crippen molar-refractivity contribution >= 4 is 0 Å². The lowest BCUT2D eigenvalue weighted by Crippen LogP contribution is -2.19. The van der Waals surface area contributed by atoms with Crippen molar-refractivity contribution in [2.24, 2.45) is 5.92 Å². The lowest BCUT2D eigenvalue weighted by Gasteiger charge is -2.28. The van der Waals surface area contributed by atoms with E-state index in [9.17, 15) is 8.78 Å². The van der Waals surface area contributed by atoms with Crippen molar-refractivity contribution in [3.8, 4) is 11.1 Å². The Bertz CT molecular complexity index is 737. The van der Waals surface area contributed by atoms with Crippen LogP contribution in [0.5, 0.6) is 0 Å². The van der Waals surface area contributed by atoms with Crippen LogP contribution >= 0.6 is 0 Å². The van der Waals surface area contributed by atoms with Crippen molar-refractivity contribution in [2.75, 3.05) is 0 Å². The molecule has 1 aliphatic rings. The minimum atomic E-state index is -2.60. The molecule has 0 atom stereocenters. The zero-order chi connectivity index (χ0) is 21.4. The monoisotopic (exact) mass is 412 g/mol. The van der Waals surface area contributed by atoms with Gasteiger partial charge < -0.3 is 0 Å². The van der Waals surface area contributed by atoms with Gasteiger partial charge in [0.05, 0.1) is 0 Å². The summed E-state index contributed by atoms with van der Waals surface area (Å²) in [6.45, 7) is 4.41. The van der Waals surface area contributed by atoms with Crippen LogP contribution in [-0.4, -0.2) is 5.92 Å². The third-order valence-corrected chi connectivity index (χ3v) is 6.95. The van der Waals surface area contributed by atoms with Gasteiger partial charge in [0.25, 0.3) is 5.92 Å². The lowest BCUT2D eigenvalue weighted by molar-refractivity contribution is -0.00948. The number of halogens is 2. The molecule has 0 saturated heterocycles. The van der Waals surface area contributed by atoms with Crippen LogP contribution in [0.25, 0.3) is 11.1 Å². The van der Waals surface area contributed by atoms with Gasteiger partial charge in [-0.3, -0.25) is 0 Å². The fourth-order valence-corrected chi connectivity index (χ4v) is 4.86. The molecule has 2 heteroatoms. The fourth-order valence-electron chi connectivity index (χ4n) is 4.86. The second kappa shape index (κ2) is 11.1. The van der Waals surface area contributed by atoms with E-state index in [1.165, 1.54) is 43.2 Å². The van der Waals surface area contributed by atoms with Gasteiger partial charge in [-0.15, -0.1) is 0 Å². The maximum absolute atomic E-state index is 14.2. The molecule has 2 aromatic rings. The first kappa shape index (κ1) is 23.0. The summed E-state index contributed by atoms with van der Waals surface area (Å²) in [5.74, 6) is -0.986. The Hall–Kier alpha value is -1.70. The van der Waals surface area contributed by atoms with E-state index >= 15 is 0 Å². The Balaban J connectivity index is 1.55. The van der Waals surface area contributed by atoms with E-state index in [2.05, 4.69) is 38.1 Å². The van der Waals surface area contributed by atoms with E-state index in [-0.39, 0.29) is 12.8 Å². The molecule has 30 heavy (non-hydrogen) atoms. The van der Waals surface area contributed by atoms with Crippen LogP contribution < -0.4 is 0 Å². The van der Waals surface area contributed by atoms with Crippen molar-refractivity contribution in [2.45, 2.75) is 96.3 Å². The Labute approximate surface area is 182 Å². The van der Waals surface area contributed by atoms with Gasteiger partial charge >= 0.3 is 0 Å². The molecule has 1 fully saturated rings. The van der Waals surface area contributed by atoms with Crippen LogP contribution in [0.1, 0.15) is 95.1 Å². The summed E-state index contributed by atoms with van der Waals surface area (Å²) in [6.07, 6.45) is 10.1. The van der Waals surface area contributed by atoms with Gasteiger partial charge in [0.1, 0.15) is 0 Å². The predicted molar refractivity (Wildman–Crippen MR) is 124 cm³/mol. The maximum Gasteiger partial charge on any atom is 0.252 e. The molecule has 0 amide bonds. The van der Waals surface area contributed by atoms with Crippen LogP contribution in [0, 0.1) is 5.92 Å². The molecule has 0 radical (unpaired) electrons. The average Bonchev–Trinajstić information content (AvgIpc) is 2.77. The quantitative estimate of drug-likeness (QED) is 0.341. The van der Waals surface area contributed by atoms with Crippen LogP contribution in [-0.2, 0) is 6.42 Å². The molecule has 0 N–H and O–H groups in total. The second-order valence-electron chi connectivity index (χ2n) is 9.29. The number of rotatable bonds is 10. The van der Waals surface area contributed by atoms with E-state index in [0.717, 1.165) is 36.3 Å². The van der Waals surface area contributed by atoms with Crippen LogP contribution in [0.4, 0.5) is 8.78 Å². The van der Waals surface area contributed by atoms with E-state index in [1.54, 1.807) is 0 Å². The third kappa shape index (κ3) is 6.65. The van der Waals surface area contributed by atoms with Gasteiger partial charge in [-0.2, -0.15) is 0 Å². The number of hydrogen-bond acceptors (Lipinski definition) is 0. The minimum absolute atomic E-state index is 0.00359. The number of hydrogen-bond donors (Lipinski definition) is 0. The largest absolute Gasteiger partial charge is 0.252 e. The molecule has 0 nitrogen and oxygen atoms in total. The third-order valence-electron chi connectivity index (χ3n) is 6.95. The van der Waals surface area contributed by atoms with Crippen LogP contribution in [0.3, 0.4) is 0 Å². The molecular weight excluding hydrogens is 374 g/mol. The smallest absolute Gasteiger partial charge is 0.207 e. The van der Waals surface area contributed by atoms with Gasteiger partial charge in [0.2, 0.25) is 0 Å². The molecule has 0 aromatic heterocycles. The van der Waals surface area contributed by atoms with Gasteiger partial charge in [-0.1, -0.05) is 88.1 Å². The average molecular weight is 413 g/mol. The van der Waals surface area contributed by atoms with Crippen LogP contribution in [0.15, 0.2) is 48.5 Å². The SMILES string of the molecule is CCCCCCC(F)(F)Cc1ccc(-c2ccc(C3CCC(CC)CC3)cc2)cc1. The Morgan fingerprint density at radius 1 is 0.767 bits per heavy atom.